The van der Waals surface area contributed by atoms with E-state index in [4.69, 9.17) is 9.47 Å². The third-order valence-electron chi connectivity index (χ3n) is 4.19. The minimum Gasteiger partial charge on any atom is -0.468 e. The monoisotopic (exact) mass is 258 g/mol. The standard InChI is InChI=1S/C16H18O3/c1-18-15(17)16(13-8-5-11-19-14(13)16)10-9-12-6-3-2-4-7-12/h2-4,6-7,9-10,13-14H,5,8,11H2,1H3/b10-9+/t13-,14+,16+/m0/s1. The number of fused-ring (bicyclic) bond motifs is 1. The van der Waals surface area contributed by atoms with E-state index in [1.165, 1.54) is 7.11 Å². The molecule has 0 unspecified atom stereocenters. The van der Waals surface area contributed by atoms with Gasteiger partial charge in [0.2, 0.25) is 0 Å². The van der Waals surface area contributed by atoms with E-state index in [-0.39, 0.29) is 18.0 Å². The van der Waals surface area contributed by atoms with Crippen molar-refractivity contribution >= 4 is 12.0 Å². The third-order valence-corrected chi connectivity index (χ3v) is 4.19. The highest BCUT2D eigenvalue weighted by Gasteiger charge is 2.70. The fourth-order valence-corrected chi connectivity index (χ4v) is 3.13. The van der Waals surface area contributed by atoms with Crippen LogP contribution in [0, 0.1) is 11.3 Å². The summed E-state index contributed by atoms with van der Waals surface area (Å²) in [6.07, 6.45) is 6.06. The Balaban J connectivity index is 1.86. The number of ether oxygens (including phenoxy) is 2. The van der Waals surface area contributed by atoms with Crippen LogP contribution in [0.4, 0.5) is 0 Å². The second-order valence-corrected chi connectivity index (χ2v) is 5.21. The van der Waals surface area contributed by atoms with Crippen LogP contribution in [-0.2, 0) is 14.3 Å². The van der Waals surface area contributed by atoms with E-state index in [0.29, 0.717) is 0 Å². The van der Waals surface area contributed by atoms with Crippen molar-refractivity contribution < 1.29 is 14.3 Å². The van der Waals surface area contributed by atoms with Crippen molar-refractivity contribution in [3.05, 3.63) is 42.0 Å². The van der Waals surface area contributed by atoms with Gasteiger partial charge in [-0.25, -0.2) is 0 Å². The quantitative estimate of drug-likeness (QED) is 0.782. The zero-order valence-electron chi connectivity index (χ0n) is 11.0. The highest BCUT2D eigenvalue weighted by molar-refractivity contribution is 5.86. The van der Waals surface area contributed by atoms with Gasteiger partial charge in [-0.1, -0.05) is 42.5 Å². The van der Waals surface area contributed by atoms with Crippen molar-refractivity contribution in [1.82, 2.24) is 0 Å². The molecule has 19 heavy (non-hydrogen) atoms. The van der Waals surface area contributed by atoms with Gasteiger partial charge in [-0.2, -0.15) is 0 Å². The zero-order valence-corrected chi connectivity index (χ0v) is 11.0. The maximum Gasteiger partial charge on any atom is 0.318 e. The molecule has 0 bridgehead atoms. The summed E-state index contributed by atoms with van der Waals surface area (Å²) in [5.74, 6) is 0.116. The summed E-state index contributed by atoms with van der Waals surface area (Å²) in [5.41, 5.74) is 0.538. The molecule has 2 fully saturated rings. The van der Waals surface area contributed by atoms with E-state index >= 15 is 0 Å². The number of hydrogen-bond acceptors (Lipinski definition) is 3. The lowest BCUT2D eigenvalue weighted by Crippen LogP contribution is -2.20. The minimum atomic E-state index is -0.554. The average Bonchev–Trinajstić information content (AvgIpc) is 3.15. The lowest BCUT2D eigenvalue weighted by molar-refractivity contribution is -0.146. The molecule has 0 aromatic heterocycles. The Morgan fingerprint density at radius 1 is 1.42 bits per heavy atom. The fourth-order valence-electron chi connectivity index (χ4n) is 3.13. The van der Waals surface area contributed by atoms with Crippen molar-refractivity contribution in [1.29, 1.82) is 0 Å². The normalized spacial score (nSPS) is 32.9. The van der Waals surface area contributed by atoms with Crippen LogP contribution >= 0.6 is 0 Å². The number of esters is 1. The van der Waals surface area contributed by atoms with Gasteiger partial charge in [0.1, 0.15) is 5.41 Å². The minimum absolute atomic E-state index is 0.00802. The molecule has 1 aliphatic carbocycles. The third kappa shape index (κ3) is 1.98. The second-order valence-electron chi connectivity index (χ2n) is 5.21. The molecule has 3 atom stereocenters. The zero-order chi connectivity index (χ0) is 13.3. The van der Waals surface area contributed by atoms with Gasteiger partial charge in [-0.15, -0.1) is 0 Å². The SMILES string of the molecule is COC(=O)[C@@]1(/C=C/c2ccccc2)[C@@H]2OCCC[C@@H]21. The van der Waals surface area contributed by atoms with Gasteiger partial charge in [0.25, 0.3) is 0 Å². The molecule has 2 aliphatic rings. The van der Waals surface area contributed by atoms with Crippen molar-refractivity contribution in [2.24, 2.45) is 11.3 Å². The van der Waals surface area contributed by atoms with E-state index in [1.807, 2.05) is 42.5 Å². The van der Waals surface area contributed by atoms with E-state index in [2.05, 4.69) is 0 Å². The molecule has 1 aliphatic heterocycles. The first-order valence-corrected chi connectivity index (χ1v) is 6.73. The molecule has 1 saturated carbocycles. The number of methoxy groups -OCH3 is 1. The average molecular weight is 258 g/mol. The summed E-state index contributed by atoms with van der Waals surface area (Å²) in [6.45, 7) is 0.749. The van der Waals surface area contributed by atoms with Crippen molar-refractivity contribution in [2.75, 3.05) is 13.7 Å². The van der Waals surface area contributed by atoms with E-state index in [9.17, 15) is 4.79 Å². The molecule has 0 radical (unpaired) electrons. The van der Waals surface area contributed by atoms with Crippen LogP contribution in [0.5, 0.6) is 0 Å². The Hall–Kier alpha value is -1.61. The molecular weight excluding hydrogens is 240 g/mol. The topological polar surface area (TPSA) is 35.5 Å². The van der Waals surface area contributed by atoms with E-state index < -0.39 is 5.41 Å². The molecule has 100 valence electrons. The van der Waals surface area contributed by atoms with Gasteiger partial charge in [0.15, 0.2) is 0 Å². The fraction of sp³-hybridized carbons (Fsp3) is 0.438. The Labute approximate surface area is 113 Å². The van der Waals surface area contributed by atoms with Crippen LogP contribution in [0.1, 0.15) is 18.4 Å². The molecule has 3 heteroatoms. The Kier molecular flexibility index (Phi) is 3.15. The molecule has 0 amide bonds. The summed E-state index contributed by atoms with van der Waals surface area (Å²) in [4.78, 5) is 12.1. The predicted octanol–water partition coefficient (Wildman–Crippen LogP) is 2.67. The lowest BCUT2D eigenvalue weighted by atomic mass is 9.99. The van der Waals surface area contributed by atoms with Crippen LogP contribution in [0.3, 0.4) is 0 Å². The highest BCUT2D eigenvalue weighted by Crippen LogP contribution is 2.61. The Bertz CT molecular complexity index is 480. The van der Waals surface area contributed by atoms with Crippen molar-refractivity contribution in [2.45, 2.75) is 18.9 Å². The first kappa shape index (κ1) is 12.4. The Morgan fingerprint density at radius 2 is 2.21 bits per heavy atom. The first-order chi connectivity index (χ1) is 9.29. The number of hydrogen-bond donors (Lipinski definition) is 0. The second kappa shape index (κ2) is 4.82. The van der Waals surface area contributed by atoms with E-state index in [1.54, 1.807) is 0 Å². The maximum atomic E-state index is 12.1. The van der Waals surface area contributed by atoms with Gasteiger partial charge in [0, 0.05) is 12.5 Å². The molecular formula is C16H18O3. The van der Waals surface area contributed by atoms with Gasteiger partial charge in [-0.3, -0.25) is 4.79 Å². The Morgan fingerprint density at radius 3 is 2.84 bits per heavy atom. The predicted molar refractivity (Wildman–Crippen MR) is 72.4 cm³/mol. The first-order valence-electron chi connectivity index (χ1n) is 6.73. The van der Waals surface area contributed by atoms with Crippen molar-refractivity contribution in [3.8, 4) is 0 Å². The number of carbonyl (C=O) groups excluding carboxylic acids is 1. The van der Waals surface area contributed by atoms with Crippen LogP contribution in [-0.4, -0.2) is 25.8 Å². The van der Waals surface area contributed by atoms with Gasteiger partial charge >= 0.3 is 5.97 Å². The summed E-state index contributed by atoms with van der Waals surface area (Å²) in [7, 11) is 1.45. The number of benzene rings is 1. The van der Waals surface area contributed by atoms with Crippen LogP contribution < -0.4 is 0 Å². The lowest BCUT2D eigenvalue weighted by Gasteiger charge is -2.09. The highest BCUT2D eigenvalue weighted by atomic mass is 16.5. The van der Waals surface area contributed by atoms with Gasteiger partial charge < -0.3 is 9.47 Å². The van der Waals surface area contributed by atoms with Crippen LogP contribution in [0.15, 0.2) is 36.4 Å². The molecule has 0 spiro atoms. The number of carbonyl (C=O) groups is 1. The maximum absolute atomic E-state index is 12.1. The molecule has 3 nitrogen and oxygen atoms in total. The summed E-state index contributed by atoms with van der Waals surface area (Å²) in [5, 5.41) is 0. The molecule has 1 heterocycles. The number of rotatable bonds is 3. The summed E-state index contributed by atoms with van der Waals surface area (Å²) < 4.78 is 10.7. The smallest absolute Gasteiger partial charge is 0.318 e. The molecule has 3 rings (SSSR count). The van der Waals surface area contributed by atoms with Gasteiger partial charge in [0.05, 0.1) is 13.2 Å². The largest absolute Gasteiger partial charge is 0.468 e. The summed E-state index contributed by atoms with van der Waals surface area (Å²) >= 11 is 0. The summed E-state index contributed by atoms with van der Waals surface area (Å²) in [6, 6.07) is 10.00. The van der Waals surface area contributed by atoms with Crippen LogP contribution in [0.2, 0.25) is 0 Å². The van der Waals surface area contributed by atoms with Crippen LogP contribution in [0.25, 0.3) is 6.08 Å². The molecule has 0 N–H and O–H groups in total. The van der Waals surface area contributed by atoms with Crippen molar-refractivity contribution in [3.63, 3.8) is 0 Å². The molecule has 1 aromatic carbocycles. The van der Waals surface area contributed by atoms with Gasteiger partial charge in [-0.05, 0) is 18.4 Å². The molecule has 1 aromatic rings. The van der Waals surface area contributed by atoms with E-state index in [0.717, 1.165) is 25.0 Å². The molecule has 1 saturated heterocycles.